The molecule has 1 aromatic carbocycles. The van der Waals surface area contributed by atoms with E-state index in [0.29, 0.717) is 5.65 Å². The monoisotopic (exact) mass is 503 g/mol. The Morgan fingerprint density at radius 1 is 1.14 bits per heavy atom. The summed E-state index contributed by atoms with van der Waals surface area (Å²) in [4.78, 5) is 59.6. The molecule has 0 N–H and O–H groups in total. The van der Waals surface area contributed by atoms with E-state index in [9.17, 15) is 24.5 Å². The number of carbonyl (C=O) groups excluding carboxylic acids is 2. The molecule has 0 unspecified atom stereocenters. The molecule has 0 radical (unpaired) electrons. The second-order valence-corrected chi connectivity index (χ2v) is 8.73. The van der Waals surface area contributed by atoms with Gasteiger partial charge in [0.1, 0.15) is 16.9 Å². The van der Waals surface area contributed by atoms with E-state index in [0.717, 1.165) is 5.56 Å². The van der Waals surface area contributed by atoms with Crippen molar-refractivity contribution in [1.29, 1.82) is 0 Å². The quantitative estimate of drug-likeness (QED) is 0.175. The first-order chi connectivity index (χ1) is 17.6. The van der Waals surface area contributed by atoms with Crippen molar-refractivity contribution in [2.75, 3.05) is 6.61 Å². The van der Waals surface area contributed by atoms with Gasteiger partial charge in [-0.25, -0.2) is 9.78 Å². The molecule has 0 fully saturated rings. The minimum atomic E-state index is -0.783. The number of nitrogens with zero attached hydrogens (tertiary/aromatic N) is 5. The van der Waals surface area contributed by atoms with Crippen LogP contribution in [-0.2, 0) is 4.74 Å². The maximum absolute atomic E-state index is 13.4. The number of fused-ring (bicyclic) bond motifs is 2. The Bertz CT molecular complexity index is 1730. The maximum Gasteiger partial charge on any atom is 0.341 e. The van der Waals surface area contributed by atoms with Crippen LogP contribution in [0.1, 0.15) is 58.7 Å². The number of carbonyl (C=O) groups is 2. The molecule has 0 spiro atoms. The zero-order valence-electron chi connectivity index (χ0n) is 21.0. The van der Waals surface area contributed by atoms with Crippen molar-refractivity contribution in [3.63, 3.8) is 0 Å². The molecule has 11 heteroatoms. The summed E-state index contributed by atoms with van der Waals surface area (Å²) in [6.45, 7) is 8.58. The number of aryl methyl sites for hydroxylation is 1. The summed E-state index contributed by atoms with van der Waals surface area (Å²) in [6, 6.07) is 8.63. The summed E-state index contributed by atoms with van der Waals surface area (Å²) in [5.74, 6) is -1.55. The summed E-state index contributed by atoms with van der Waals surface area (Å²) in [6.07, 6.45) is 1.59. The van der Waals surface area contributed by atoms with Gasteiger partial charge in [-0.15, -0.1) is 0 Å². The van der Waals surface area contributed by atoms with Gasteiger partial charge in [0.15, 0.2) is 5.49 Å². The molecule has 3 aromatic heterocycles. The van der Waals surface area contributed by atoms with Crippen LogP contribution in [0.3, 0.4) is 0 Å². The number of hydrogen-bond acceptors (Lipinski definition) is 7. The molecule has 190 valence electrons. The predicted molar refractivity (Wildman–Crippen MR) is 136 cm³/mol. The molecule has 0 bridgehead atoms. The molecule has 3 heterocycles. The molecule has 4 rings (SSSR count). The fourth-order valence-corrected chi connectivity index (χ4v) is 4.22. The molecule has 0 atom stereocenters. The largest absolute Gasteiger partial charge is 0.462 e. The van der Waals surface area contributed by atoms with E-state index in [1.807, 2.05) is 13.0 Å². The molecule has 0 saturated heterocycles. The number of hydrogen-bond donors (Lipinski definition) is 0. The molecule has 37 heavy (non-hydrogen) atoms. The lowest BCUT2D eigenvalue weighted by Crippen LogP contribution is -2.33. The third-order valence-electron chi connectivity index (χ3n) is 6.00. The second kappa shape index (κ2) is 9.76. The Kier molecular flexibility index (Phi) is 6.71. The molecule has 0 aliphatic heterocycles. The Hall–Kier alpha value is -4.67. The highest BCUT2D eigenvalue weighted by atomic mass is 16.6. The smallest absolute Gasteiger partial charge is 0.341 e. The lowest BCUT2D eigenvalue weighted by atomic mass is 10.1. The van der Waals surface area contributed by atoms with Crippen LogP contribution in [0.4, 0.5) is 5.69 Å². The van der Waals surface area contributed by atoms with E-state index in [2.05, 4.69) is 4.99 Å². The lowest BCUT2D eigenvalue weighted by Gasteiger charge is -2.18. The van der Waals surface area contributed by atoms with Crippen LogP contribution in [0.2, 0.25) is 0 Å². The van der Waals surface area contributed by atoms with Crippen molar-refractivity contribution < 1.29 is 19.2 Å². The van der Waals surface area contributed by atoms with Gasteiger partial charge in [0.05, 0.1) is 22.5 Å². The zero-order chi connectivity index (χ0) is 27.0. The Labute approximate surface area is 210 Å². The average molecular weight is 504 g/mol. The number of esters is 1. The fraction of sp³-hybridized carbons (Fsp3) is 0.269. The summed E-state index contributed by atoms with van der Waals surface area (Å²) in [5.41, 5.74) is 0.820. The lowest BCUT2D eigenvalue weighted by molar-refractivity contribution is -0.385. The van der Waals surface area contributed by atoms with Crippen molar-refractivity contribution in [3.8, 4) is 0 Å². The maximum atomic E-state index is 13.4. The molecule has 0 aliphatic rings. The van der Waals surface area contributed by atoms with Crippen molar-refractivity contribution >= 4 is 34.2 Å². The van der Waals surface area contributed by atoms with Gasteiger partial charge in [-0.05, 0) is 58.4 Å². The van der Waals surface area contributed by atoms with E-state index in [1.165, 1.54) is 35.6 Å². The number of ether oxygens (including phenoxy) is 1. The minimum Gasteiger partial charge on any atom is -0.462 e. The second-order valence-electron chi connectivity index (χ2n) is 8.73. The van der Waals surface area contributed by atoms with Crippen LogP contribution >= 0.6 is 0 Å². The number of nitro groups is 1. The highest BCUT2D eigenvalue weighted by Gasteiger charge is 2.23. The van der Waals surface area contributed by atoms with E-state index in [4.69, 9.17) is 9.72 Å². The number of amides is 1. The summed E-state index contributed by atoms with van der Waals surface area (Å²) in [5, 5.41) is 11.5. The molecule has 11 nitrogen and oxygen atoms in total. The molecule has 0 saturated carbocycles. The summed E-state index contributed by atoms with van der Waals surface area (Å²) >= 11 is 0. The van der Waals surface area contributed by atoms with Crippen LogP contribution in [0.5, 0.6) is 0 Å². The van der Waals surface area contributed by atoms with Gasteiger partial charge in [0.2, 0.25) is 0 Å². The number of rotatable bonds is 5. The van der Waals surface area contributed by atoms with Crippen LogP contribution in [0.15, 0.2) is 52.4 Å². The van der Waals surface area contributed by atoms with Crippen LogP contribution in [-0.4, -0.2) is 37.4 Å². The normalized spacial score (nSPS) is 11.9. The highest BCUT2D eigenvalue weighted by molar-refractivity contribution is 5.98. The van der Waals surface area contributed by atoms with Gasteiger partial charge in [-0.3, -0.25) is 24.1 Å². The molecular weight excluding hydrogens is 478 g/mol. The minimum absolute atomic E-state index is 0.0156. The van der Waals surface area contributed by atoms with Crippen molar-refractivity contribution in [2.45, 2.75) is 40.7 Å². The summed E-state index contributed by atoms with van der Waals surface area (Å²) in [7, 11) is 0. The molecule has 1 amide bonds. The third-order valence-corrected chi connectivity index (χ3v) is 6.00. The number of aromatic nitrogens is 3. The van der Waals surface area contributed by atoms with Gasteiger partial charge >= 0.3 is 5.97 Å². The van der Waals surface area contributed by atoms with Gasteiger partial charge in [0.25, 0.3) is 17.2 Å². The van der Waals surface area contributed by atoms with Gasteiger partial charge in [-0.2, -0.15) is 4.99 Å². The Morgan fingerprint density at radius 3 is 2.51 bits per heavy atom. The zero-order valence-corrected chi connectivity index (χ0v) is 21.0. The first kappa shape index (κ1) is 25.4. The van der Waals surface area contributed by atoms with Gasteiger partial charge in [0, 0.05) is 23.9 Å². The van der Waals surface area contributed by atoms with Crippen LogP contribution in [0.25, 0.3) is 16.7 Å². The molecule has 4 aromatic rings. The van der Waals surface area contributed by atoms with E-state index in [1.54, 1.807) is 37.6 Å². The third kappa shape index (κ3) is 4.39. The van der Waals surface area contributed by atoms with Gasteiger partial charge in [-0.1, -0.05) is 12.1 Å². The average Bonchev–Trinajstić information content (AvgIpc) is 2.84. The van der Waals surface area contributed by atoms with Crippen molar-refractivity contribution in [1.82, 2.24) is 14.0 Å². The van der Waals surface area contributed by atoms with E-state index in [-0.39, 0.29) is 51.5 Å². The first-order valence-electron chi connectivity index (χ1n) is 11.6. The topological polar surface area (TPSA) is 138 Å². The predicted octanol–water partition coefficient (Wildman–Crippen LogP) is 3.67. The van der Waals surface area contributed by atoms with E-state index < -0.39 is 22.4 Å². The summed E-state index contributed by atoms with van der Waals surface area (Å²) < 4.78 is 8.15. The number of benzene rings is 1. The first-order valence-corrected chi connectivity index (χ1v) is 11.6. The Morgan fingerprint density at radius 2 is 1.86 bits per heavy atom. The van der Waals surface area contributed by atoms with Crippen LogP contribution < -0.4 is 11.0 Å². The number of nitro benzene ring substituents is 1. The van der Waals surface area contributed by atoms with Crippen molar-refractivity contribution in [2.24, 2.45) is 4.99 Å². The molecule has 0 aliphatic carbocycles. The number of pyridine rings is 2. The van der Waals surface area contributed by atoms with Crippen molar-refractivity contribution in [3.05, 3.63) is 90.8 Å². The highest BCUT2D eigenvalue weighted by Crippen LogP contribution is 2.22. The SMILES string of the molecule is CCOC(=O)c1cc2c(=O)n3cccc(C)c3nc2n(C(C)C)c1=NC(=O)c1cccc([N+](=O)[O-])c1C. The standard InChI is InChI=1S/C26H25N5O6/c1-6-37-26(34)19-13-18-22(27-21-15(4)9-8-12-29(21)25(18)33)30(14(2)3)23(19)28-24(32)17-10-7-11-20(16(17)5)31(35)36/h7-14H,6H2,1-5H3. The van der Waals surface area contributed by atoms with Gasteiger partial charge < -0.3 is 9.30 Å². The fourth-order valence-electron chi connectivity index (χ4n) is 4.22. The van der Waals surface area contributed by atoms with Crippen LogP contribution in [0, 0.1) is 24.0 Å². The molecular formula is C26H25N5O6. The Balaban J connectivity index is 2.16. The van der Waals surface area contributed by atoms with E-state index >= 15 is 0 Å².